The van der Waals surface area contributed by atoms with E-state index in [4.69, 9.17) is 9.26 Å². The lowest BCUT2D eigenvalue weighted by Crippen LogP contribution is -2.29. The normalized spacial score (nSPS) is 17.9. The third-order valence-corrected chi connectivity index (χ3v) is 4.99. The number of anilines is 1. The molecule has 0 spiro atoms. The van der Waals surface area contributed by atoms with Gasteiger partial charge in [0.1, 0.15) is 23.1 Å². The average Bonchev–Trinajstić information content (AvgIpc) is 3.29. The van der Waals surface area contributed by atoms with Crippen molar-refractivity contribution in [2.45, 2.75) is 32.9 Å². The molecule has 1 aliphatic heterocycles. The summed E-state index contributed by atoms with van der Waals surface area (Å²) in [4.78, 5) is 27.2. The summed E-state index contributed by atoms with van der Waals surface area (Å²) in [7, 11) is 0. The largest absolute Gasteiger partial charge is 0.507 e. The van der Waals surface area contributed by atoms with Gasteiger partial charge in [0.25, 0.3) is 5.78 Å². The molecule has 0 saturated carbocycles. The van der Waals surface area contributed by atoms with E-state index in [1.807, 2.05) is 13.8 Å². The number of carbonyl (C=O) groups is 2. The van der Waals surface area contributed by atoms with E-state index in [9.17, 15) is 19.1 Å². The molecule has 0 unspecified atom stereocenters. The highest BCUT2D eigenvalue weighted by Gasteiger charge is 2.48. The molecule has 1 aliphatic rings. The van der Waals surface area contributed by atoms with E-state index in [-0.39, 0.29) is 23.1 Å². The van der Waals surface area contributed by atoms with Crippen LogP contribution in [0.15, 0.2) is 64.7 Å². The molecule has 1 atom stereocenters. The summed E-state index contributed by atoms with van der Waals surface area (Å²) in [5.74, 6) is -1.39. The third kappa shape index (κ3) is 3.87. The number of hydrogen-bond donors (Lipinski definition) is 1. The van der Waals surface area contributed by atoms with Crippen molar-refractivity contribution < 1.29 is 28.3 Å². The molecular weight excluding hydrogens is 415 g/mol. The maximum atomic E-state index is 13.4. The second-order valence-electron chi connectivity index (χ2n) is 7.71. The van der Waals surface area contributed by atoms with Gasteiger partial charge in [-0.2, -0.15) is 0 Å². The number of Topliss-reactive ketones (excluding diaryl/α,β-unsaturated/α-hetero) is 1. The minimum absolute atomic E-state index is 0.0249. The Kier molecular flexibility index (Phi) is 5.52. The van der Waals surface area contributed by atoms with Gasteiger partial charge in [-0.3, -0.25) is 14.5 Å². The van der Waals surface area contributed by atoms with Crippen molar-refractivity contribution in [3.63, 3.8) is 0 Å². The molecular formula is C24H21FN2O5. The fourth-order valence-electron chi connectivity index (χ4n) is 3.62. The van der Waals surface area contributed by atoms with Crippen LogP contribution in [-0.2, 0) is 9.59 Å². The summed E-state index contributed by atoms with van der Waals surface area (Å²) in [5.41, 5.74) is 0.648. The zero-order valence-corrected chi connectivity index (χ0v) is 17.7. The molecule has 2 aromatic carbocycles. The van der Waals surface area contributed by atoms with Crippen molar-refractivity contribution in [3.05, 3.63) is 82.9 Å². The van der Waals surface area contributed by atoms with Crippen LogP contribution in [0.1, 0.15) is 36.8 Å². The molecule has 2 heterocycles. The molecule has 4 rings (SSSR count). The fraction of sp³-hybridized carbons (Fsp3) is 0.208. The molecule has 1 aromatic heterocycles. The molecule has 0 aliphatic carbocycles. The van der Waals surface area contributed by atoms with Crippen LogP contribution in [0.2, 0.25) is 0 Å². The smallest absolute Gasteiger partial charge is 0.301 e. The number of ketones is 1. The predicted molar refractivity (Wildman–Crippen MR) is 115 cm³/mol. The van der Waals surface area contributed by atoms with Crippen LogP contribution < -0.4 is 9.64 Å². The summed E-state index contributed by atoms with van der Waals surface area (Å²) in [6.07, 6.45) is -0.0249. The van der Waals surface area contributed by atoms with E-state index in [2.05, 4.69) is 5.16 Å². The Labute approximate surface area is 183 Å². The van der Waals surface area contributed by atoms with Crippen LogP contribution in [0.4, 0.5) is 10.2 Å². The number of amides is 1. The van der Waals surface area contributed by atoms with Crippen molar-refractivity contribution in [3.8, 4) is 5.75 Å². The number of aromatic nitrogens is 1. The number of nitrogens with zero attached hydrogens (tertiary/aromatic N) is 2. The first-order chi connectivity index (χ1) is 15.3. The number of halogens is 1. The van der Waals surface area contributed by atoms with Gasteiger partial charge in [-0.25, -0.2) is 4.39 Å². The van der Waals surface area contributed by atoms with Gasteiger partial charge in [0.05, 0.1) is 17.7 Å². The van der Waals surface area contributed by atoms with E-state index in [1.165, 1.54) is 35.2 Å². The lowest BCUT2D eigenvalue weighted by atomic mass is 9.95. The Bertz CT molecular complexity index is 1200. The van der Waals surface area contributed by atoms with Crippen molar-refractivity contribution in [1.29, 1.82) is 0 Å². The Hall–Kier alpha value is -3.94. The van der Waals surface area contributed by atoms with E-state index in [0.717, 1.165) is 0 Å². The lowest BCUT2D eigenvalue weighted by molar-refractivity contribution is -0.132. The summed E-state index contributed by atoms with van der Waals surface area (Å²) < 4.78 is 24.1. The minimum atomic E-state index is -0.961. The average molecular weight is 436 g/mol. The van der Waals surface area contributed by atoms with E-state index < -0.39 is 29.3 Å². The van der Waals surface area contributed by atoms with Crippen LogP contribution in [0.25, 0.3) is 5.76 Å². The number of carbonyl (C=O) groups excluding carboxylic acids is 2. The highest BCUT2D eigenvalue weighted by atomic mass is 19.1. The van der Waals surface area contributed by atoms with Gasteiger partial charge < -0.3 is 14.4 Å². The number of aliphatic hydroxyl groups is 1. The highest BCUT2D eigenvalue weighted by molar-refractivity contribution is 6.51. The molecule has 164 valence electrons. The van der Waals surface area contributed by atoms with Crippen molar-refractivity contribution in [2.24, 2.45) is 0 Å². The van der Waals surface area contributed by atoms with E-state index >= 15 is 0 Å². The van der Waals surface area contributed by atoms with Crippen molar-refractivity contribution in [1.82, 2.24) is 5.16 Å². The first-order valence-electron chi connectivity index (χ1n) is 10.0. The number of ether oxygens (including phenoxy) is 1. The Morgan fingerprint density at radius 3 is 2.34 bits per heavy atom. The number of aliphatic hydroxyl groups excluding tert-OH is 1. The van der Waals surface area contributed by atoms with Gasteiger partial charge in [0.15, 0.2) is 5.82 Å². The third-order valence-electron chi connectivity index (χ3n) is 4.99. The van der Waals surface area contributed by atoms with Gasteiger partial charge in [-0.15, -0.1) is 0 Å². The quantitative estimate of drug-likeness (QED) is 0.359. The second kappa shape index (κ2) is 8.30. The van der Waals surface area contributed by atoms with Crippen LogP contribution in [-0.4, -0.2) is 28.1 Å². The zero-order valence-electron chi connectivity index (χ0n) is 17.7. The molecule has 1 saturated heterocycles. The number of rotatable bonds is 5. The molecule has 0 bridgehead atoms. The Morgan fingerprint density at radius 2 is 1.78 bits per heavy atom. The monoisotopic (exact) mass is 436 g/mol. The van der Waals surface area contributed by atoms with Gasteiger partial charge >= 0.3 is 5.91 Å². The van der Waals surface area contributed by atoms with Gasteiger partial charge in [-0.05, 0) is 62.7 Å². The van der Waals surface area contributed by atoms with E-state index in [1.54, 1.807) is 31.2 Å². The van der Waals surface area contributed by atoms with Crippen LogP contribution >= 0.6 is 0 Å². The molecule has 3 aromatic rings. The summed E-state index contributed by atoms with van der Waals surface area (Å²) >= 11 is 0. The topological polar surface area (TPSA) is 92.9 Å². The summed E-state index contributed by atoms with van der Waals surface area (Å²) in [6, 6.07) is 12.5. The first kappa shape index (κ1) is 21.3. The van der Waals surface area contributed by atoms with Gasteiger partial charge in [0.2, 0.25) is 0 Å². The highest BCUT2D eigenvalue weighted by Crippen LogP contribution is 2.42. The standard InChI is InChI=1S/C24H21FN2O5/c1-13(2)31-18-10-6-15(7-11-18)21-20(22(28)16-4-8-17(25)9-5-16)23(29)24(30)27(21)19-12-14(3)32-26-19/h4-13,21,28H,1-3H3/b22-20+/t21-/m0/s1. The lowest BCUT2D eigenvalue weighted by Gasteiger charge is -2.23. The Morgan fingerprint density at radius 1 is 1.12 bits per heavy atom. The second-order valence-corrected chi connectivity index (χ2v) is 7.71. The molecule has 1 amide bonds. The van der Waals surface area contributed by atoms with Crippen LogP contribution in [0.5, 0.6) is 5.75 Å². The molecule has 8 heteroatoms. The zero-order chi connectivity index (χ0) is 23.0. The maximum Gasteiger partial charge on any atom is 0.301 e. The number of hydrogen-bond acceptors (Lipinski definition) is 6. The summed E-state index contributed by atoms with van der Waals surface area (Å²) in [6.45, 7) is 5.47. The van der Waals surface area contributed by atoms with Crippen molar-refractivity contribution >= 4 is 23.3 Å². The fourth-order valence-corrected chi connectivity index (χ4v) is 3.62. The minimum Gasteiger partial charge on any atom is -0.507 e. The van der Waals surface area contributed by atoms with Gasteiger partial charge in [0, 0.05) is 11.6 Å². The van der Waals surface area contributed by atoms with Crippen LogP contribution in [0.3, 0.4) is 0 Å². The van der Waals surface area contributed by atoms with E-state index in [0.29, 0.717) is 17.1 Å². The molecule has 1 fully saturated rings. The Balaban J connectivity index is 1.87. The summed E-state index contributed by atoms with van der Waals surface area (Å²) in [5, 5.41) is 14.9. The predicted octanol–water partition coefficient (Wildman–Crippen LogP) is 4.54. The van der Waals surface area contributed by atoms with Gasteiger partial charge in [-0.1, -0.05) is 17.3 Å². The molecule has 32 heavy (non-hydrogen) atoms. The SMILES string of the molecule is Cc1cc(N2C(=O)C(=O)/C(=C(/O)c3ccc(F)cc3)[C@@H]2c2ccc(OC(C)C)cc2)no1. The molecule has 0 radical (unpaired) electrons. The molecule has 7 nitrogen and oxygen atoms in total. The first-order valence-corrected chi connectivity index (χ1v) is 10.0. The molecule has 1 N–H and O–H groups in total. The number of benzene rings is 2. The number of aryl methyl sites for hydroxylation is 1. The van der Waals surface area contributed by atoms with Crippen LogP contribution in [0, 0.1) is 12.7 Å². The van der Waals surface area contributed by atoms with Crippen molar-refractivity contribution in [2.75, 3.05) is 4.90 Å². The maximum absolute atomic E-state index is 13.4.